The van der Waals surface area contributed by atoms with Gasteiger partial charge in [-0.1, -0.05) is 0 Å². The van der Waals surface area contributed by atoms with Crippen LogP contribution in [-0.2, 0) is 11.2 Å². The Balaban J connectivity index is 2.66. The van der Waals surface area contributed by atoms with Crippen molar-refractivity contribution in [2.45, 2.75) is 52.7 Å². The number of hydrogen-bond donors (Lipinski definition) is 2. The highest BCUT2D eigenvalue weighted by molar-refractivity contribution is 7.15. The van der Waals surface area contributed by atoms with Gasteiger partial charge in [0.25, 0.3) is 0 Å². The van der Waals surface area contributed by atoms with Crippen LogP contribution < -0.4 is 11.1 Å². The summed E-state index contributed by atoms with van der Waals surface area (Å²) in [6, 6.07) is 0.0820. The molecule has 1 heterocycles. The number of aryl methyl sites for hydroxylation is 1. The number of aromatic nitrogens is 1. The lowest BCUT2D eigenvalue weighted by atomic mass is 10.2. The van der Waals surface area contributed by atoms with Crippen LogP contribution in [0.5, 0.6) is 0 Å². The Morgan fingerprint density at radius 2 is 2.17 bits per heavy atom. The molecule has 5 nitrogen and oxygen atoms in total. The lowest BCUT2D eigenvalue weighted by molar-refractivity contribution is 0.0636. The van der Waals surface area contributed by atoms with Crippen molar-refractivity contribution in [1.29, 1.82) is 0 Å². The van der Waals surface area contributed by atoms with E-state index in [9.17, 15) is 4.79 Å². The predicted octanol–water partition coefficient (Wildman–Crippen LogP) is 2.69. The van der Waals surface area contributed by atoms with E-state index in [1.54, 1.807) is 0 Å². The van der Waals surface area contributed by atoms with Gasteiger partial charge < -0.3 is 10.5 Å². The molecule has 1 aromatic heterocycles. The summed E-state index contributed by atoms with van der Waals surface area (Å²) >= 11 is 1.44. The molecule has 0 saturated carbocycles. The van der Waals surface area contributed by atoms with E-state index >= 15 is 0 Å². The first-order valence-corrected chi connectivity index (χ1v) is 6.71. The van der Waals surface area contributed by atoms with Crippen LogP contribution in [0.4, 0.5) is 9.93 Å². The van der Waals surface area contributed by atoms with Gasteiger partial charge in [0.1, 0.15) is 5.60 Å². The molecule has 1 rings (SSSR count). The molecule has 0 unspecified atom stereocenters. The number of nitrogens with one attached hydrogen (secondary N) is 1. The van der Waals surface area contributed by atoms with E-state index in [2.05, 4.69) is 10.3 Å². The Labute approximate surface area is 112 Å². The first-order chi connectivity index (χ1) is 8.17. The Morgan fingerprint density at radius 1 is 1.56 bits per heavy atom. The minimum atomic E-state index is -0.509. The maximum Gasteiger partial charge on any atom is 0.413 e. The SMILES string of the molecule is Cc1nc(NC(=O)OC(C)(C)C)sc1C[C@@H](C)N. The van der Waals surface area contributed by atoms with Crippen molar-refractivity contribution >= 4 is 22.6 Å². The molecule has 102 valence electrons. The lowest BCUT2D eigenvalue weighted by Crippen LogP contribution is -2.27. The largest absolute Gasteiger partial charge is 0.444 e. The third-order valence-electron chi connectivity index (χ3n) is 2.01. The van der Waals surface area contributed by atoms with E-state index in [4.69, 9.17) is 10.5 Å². The molecule has 0 saturated heterocycles. The third-order valence-corrected chi connectivity index (χ3v) is 3.10. The first-order valence-electron chi connectivity index (χ1n) is 5.89. The fourth-order valence-electron chi connectivity index (χ4n) is 1.35. The summed E-state index contributed by atoms with van der Waals surface area (Å²) in [6.07, 6.45) is 0.281. The van der Waals surface area contributed by atoms with Crippen molar-refractivity contribution in [1.82, 2.24) is 4.98 Å². The number of thiazole rings is 1. The van der Waals surface area contributed by atoms with E-state index < -0.39 is 11.7 Å². The molecule has 18 heavy (non-hydrogen) atoms. The summed E-state index contributed by atoms with van der Waals surface area (Å²) in [5.74, 6) is 0. The number of carbonyl (C=O) groups is 1. The Bertz CT molecular complexity index is 421. The summed E-state index contributed by atoms with van der Waals surface area (Å²) in [6.45, 7) is 9.32. The average Bonchev–Trinajstić information content (AvgIpc) is 2.41. The smallest absolute Gasteiger partial charge is 0.413 e. The Kier molecular flexibility index (Phi) is 4.70. The van der Waals surface area contributed by atoms with Crippen LogP contribution in [0.25, 0.3) is 0 Å². The molecule has 0 aliphatic carbocycles. The molecule has 0 radical (unpaired) electrons. The van der Waals surface area contributed by atoms with Gasteiger partial charge in [0.2, 0.25) is 0 Å². The number of amides is 1. The van der Waals surface area contributed by atoms with Crippen molar-refractivity contribution in [2.75, 3.05) is 5.32 Å². The number of ether oxygens (including phenoxy) is 1. The van der Waals surface area contributed by atoms with Gasteiger partial charge in [-0.15, -0.1) is 11.3 Å². The van der Waals surface area contributed by atoms with Crippen LogP contribution >= 0.6 is 11.3 Å². The average molecular weight is 271 g/mol. The number of nitrogens with two attached hydrogens (primary N) is 1. The van der Waals surface area contributed by atoms with Crippen LogP contribution in [0.15, 0.2) is 0 Å². The topological polar surface area (TPSA) is 77.2 Å². The van der Waals surface area contributed by atoms with Crippen molar-refractivity contribution < 1.29 is 9.53 Å². The third kappa shape index (κ3) is 5.01. The molecule has 1 amide bonds. The second-order valence-corrected chi connectivity index (χ2v) is 6.42. The van der Waals surface area contributed by atoms with E-state index in [1.807, 2.05) is 34.6 Å². The lowest BCUT2D eigenvalue weighted by Gasteiger charge is -2.18. The Hall–Kier alpha value is -1.14. The molecule has 0 aromatic carbocycles. The van der Waals surface area contributed by atoms with E-state index in [-0.39, 0.29) is 6.04 Å². The zero-order valence-corrected chi connectivity index (χ0v) is 12.4. The minimum Gasteiger partial charge on any atom is -0.444 e. The minimum absolute atomic E-state index is 0.0820. The number of hydrogen-bond acceptors (Lipinski definition) is 5. The maximum atomic E-state index is 11.6. The number of rotatable bonds is 3. The summed E-state index contributed by atoms with van der Waals surface area (Å²) in [5.41, 5.74) is 6.15. The van der Waals surface area contributed by atoms with Gasteiger partial charge in [-0.05, 0) is 41.0 Å². The molecule has 1 aromatic rings. The quantitative estimate of drug-likeness (QED) is 0.886. The number of carbonyl (C=O) groups excluding carboxylic acids is 1. The summed E-state index contributed by atoms with van der Waals surface area (Å²) < 4.78 is 5.16. The fraction of sp³-hybridized carbons (Fsp3) is 0.667. The van der Waals surface area contributed by atoms with Gasteiger partial charge in [0.05, 0.1) is 5.69 Å². The second kappa shape index (κ2) is 5.67. The Morgan fingerprint density at radius 3 is 2.67 bits per heavy atom. The molecule has 6 heteroatoms. The molecular formula is C12H21N3O2S. The molecule has 0 aliphatic heterocycles. The van der Waals surface area contributed by atoms with E-state index in [0.717, 1.165) is 17.0 Å². The van der Waals surface area contributed by atoms with Gasteiger partial charge in [0, 0.05) is 10.9 Å². The predicted molar refractivity (Wildman–Crippen MR) is 74.1 cm³/mol. The van der Waals surface area contributed by atoms with Crippen LogP contribution in [0, 0.1) is 6.92 Å². The van der Waals surface area contributed by atoms with Gasteiger partial charge in [0.15, 0.2) is 5.13 Å². The van der Waals surface area contributed by atoms with Crippen LogP contribution in [-0.4, -0.2) is 22.7 Å². The van der Waals surface area contributed by atoms with Gasteiger partial charge in [-0.25, -0.2) is 9.78 Å². The van der Waals surface area contributed by atoms with Crippen molar-refractivity contribution in [2.24, 2.45) is 5.73 Å². The first kappa shape index (κ1) is 14.9. The number of nitrogens with zero attached hydrogens (tertiary/aromatic N) is 1. The van der Waals surface area contributed by atoms with Crippen molar-refractivity contribution in [3.05, 3.63) is 10.6 Å². The second-order valence-electron chi connectivity index (χ2n) is 5.34. The van der Waals surface area contributed by atoms with Crippen molar-refractivity contribution in [3.63, 3.8) is 0 Å². The highest BCUT2D eigenvalue weighted by atomic mass is 32.1. The van der Waals surface area contributed by atoms with Crippen LogP contribution in [0.2, 0.25) is 0 Å². The standard InChI is InChI=1S/C12H21N3O2S/c1-7(13)6-9-8(2)14-10(18-9)15-11(16)17-12(3,4)5/h7H,6,13H2,1-5H3,(H,14,15,16)/t7-/m1/s1. The highest BCUT2D eigenvalue weighted by Crippen LogP contribution is 2.24. The van der Waals surface area contributed by atoms with Gasteiger partial charge >= 0.3 is 6.09 Å². The molecule has 0 bridgehead atoms. The van der Waals surface area contributed by atoms with Crippen molar-refractivity contribution in [3.8, 4) is 0 Å². The molecule has 3 N–H and O–H groups in total. The van der Waals surface area contributed by atoms with Gasteiger partial charge in [-0.2, -0.15) is 0 Å². The molecule has 1 atom stereocenters. The summed E-state index contributed by atoms with van der Waals surface area (Å²) in [7, 11) is 0. The summed E-state index contributed by atoms with van der Waals surface area (Å²) in [4.78, 5) is 17.0. The zero-order valence-electron chi connectivity index (χ0n) is 11.5. The normalized spacial score (nSPS) is 13.2. The molecule has 0 spiro atoms. The number of anilines is 1. The zero-order chi connectivity index (χ0) is 13.9. The summed E-state index contributed by atoms with van der Waals surface area (Å²) in [5, 5.41) is 3.19. The molecule has 0 fully saturated rings. The van der Waals surface area contributed by atoms with E-state index in [0.29, 0.717) is 5.13 Å². The van der Waals surface area contributed by atoms with Crippen LogP contribution in [0.1, 0.15) is 38.3 Å². The maximum absolute atomic E-state index is 11.6. The van der Waals surface area contributed by atoms with E-state index in [1.165, 1.54) is 11.3 Å². The molecular weight excluding hydrogens is 250 g/mol. The monoisotopic (exact) mass is 271 g/mol. The van der Waals surface area contributed by atoms with Gasteiger partial charge in [-0.3, -0.25) is 5.32 Å². The molecule has 0 aliphatic rings. The van der Waals surface area contributed by atoms with Crippen LogP contribution in [0.3, 0.4) is 0 Å². The fourth-order valence-corrected chi connectivity index (χ4v) is 2.44. The highest BCUT2D eigenvalue weighted by Gasteiger charge is 2.18.